The number of unbranched alkanes of at least 4 members (excludes halogenated alkanes) is 2. The topological polar surface area (TPSA) is 78.4 Å². The normalized spacial score (nSPS) is 10.1. The molecule has 0 atom stereocenters. The van der Waals surface area contributed by atoms with Gasteiger partial charge in [-0.1, -0.05) is 6.07 Å². The van der Waals surface area contributed by atoms with E-state index in [1.165, 1.54) is 0 Å². The van der Waals surface area contributed by atoms with Gasteiger partial charge in [0.05, 0.1) is 0 Å². The van der Waals surface area contributed by atoms with Crippen LogP contribution in [-0.2, 0) is 9.59 Å². The summed E-state index contributed by atoms with van der Waals surface area (Å²) in [6.07, 6.45) is 4.24. The van der Waals surface area contributed by atoms with E-state index in [2.05, 4.69) is 10.6 Å². The monoisotopic (exact) mass is 296 g/mol. The molecule has 1 aromatic rings. The smallest absolute Gasteiger partial charge is 0.313 e. The highest BCUT2D eigenvalue weighted by Gasteiger charge is 2.12. The highest BCUT2D eigenvalue weighted by Crippen LogP contribution is 2.18. The lowest BCUT2D eigenvalue weighted by Crippen LogP contribution is -2.35. The molecule has 0 aliphatic rings. The van der Waals surface area contributed by atoms with Gasteiger partial charge < -0.3 is 15.7 Å². The molecule has 0 aliphatic carbocycles. The quantitative estimate of drug-likeness (QED) is 0.406. The second-order valence-electron chi connectivity index (χ2n) is 4.23. The summed E-state index contributed by atoms with van der Waals surface area (Å²) in [5.74, 6) is -1.30. The molecule has 1 aromatic carbocycles. The van der Waals surface area contributed by atoms with E-state index in [1.54, 1.807) is 17.8 Å². The largest absolute Gasteiger partial charge is 0.396 e. The number of rotatable bonds is 7. The third kappa shape index (κ3) is 6.08. The van der Waals surface area contributed by atoms with Crippen LogP contribution in [0.2, 0.25) is 0 Å². The molecule has 0 bridgehead atoms. The van der Waals surface area contributed by atoms with E-state index in [9.17, 15) is 9.59 Å². The Morgan fingerprint density at radius 3 is 2.70 bits per heavy atom. The van der Waals surface area contributed by atoms with Crippen molar-refractivity contribution in [1.82, 2.24) is 5.32 Å². The van der Waals surface area contributed by atoms with Gasteiger partial charge in [-0.15, -0.1) is 11.8 Å². The number of hydrogen-bond donors (Lipinski definition) is 3. The molecule has 1 rings (SSSR count). The molecule has 0 aliphatic heterocycles. The average molecular weight is 296 g/mol. The van der Waals surface area contributed by atoms with E-state index in [0.717, 1.165) is 17.7 Å². The Morgan fingerprint density at radius 2 is 2.00 bits per heavy atom. The van der Waals surface area contributed by atoms with Gasteiger partial charge >= 0.3 is 11.8 Å². The molecular weight excluding hydrogens is 276 g/mol. The van der Waals surface area contributed by atoms with Gasteiger partial charge in [0.1, 0.15) is 0 Å². The molecule has 0 fully saturated rings. The molecule has 3 N–H and O–H groups in total. The SMILES string of the molecule is CSc1cccc(NC(=O)C(=O)NCCCCCO)c1. The highest BCUT2D eigenvalue weighted by molar-refractivity contribution is 7.98. The predicted molar refractivity (Wildman–Crippen MR) is 80.8 cm³/mol. The first kappa shape index (κ1) is 16.5. The zero-order valence-electron chi connectivity index (χ0n) is 11.5. The van der Waals surface area contributed by atoms with Crippen LogP contribution < -0.4 is 10.6 Å². The van der Waals surface area contributed by atoms with Crippen molar-refractivity contribution in [3.8, 4) is 0 Å². The van der Waals surface area contributed by atoms with E-state index < -0.39 is 11.8 Å². The van der Waals surface area contributed by atoms with Gasteiger partial charge in [-0.25, -0.2) is 0 Å². The van der Waals surface area contributed by atoms with Crippen molar-refractivity contribution in [3.63, 3.8) is 0 Å². The molecule has 0 radical (unpaired) electrons. The maximum Gasteiger partial charge on any atom is 0.313 e. The average Bonchev–Trinajstić information content (AvgIpc) is 2.47. The first-order chi connectivity index (χ1) is 9.67. The van der Waals surface area contributed by atoms with Crippen molar-refractivity contribution in [2.24, 2.45) is 0 Å². The lowest BCUT2D eigenvalue weighted by Gasteiger charge is -2.07. The number of carbonyl (C=O) groups is 2. The predicted octanol–water partition coefficient (Wildman–Crippen LogP) is 1.63. The molecule has 110 valence electrons. The van der Waals surface area contributed by atoms with Crippen molar-refractivity contribution in [3.05, 3.63) is 24.3 Å². The lowest BCUT2D eigenvalue weighted by molar-refractivity contribution is -0.136. The van der Waals surface area contributed by atoms with Crippen LogP contribution in [0.3, 0.4) is 0 Å². The molecule has 0 aromatic heterocycles. The number of carbonyl (C=O) groups excluding carboxylic acids is 2. The third-order valence-corrected chi connectivity index (χ3v) is 3.38. The summed E-state index contributed by atoms with van der Waals surface area (Å²) in [4.78, 5) is 24.2. The van der Waals surface area contributed by atoms with Crippen LogP contribution in [0, 0.1) is 0 Å². The molecule has 0 unspecified atom stereocenters. The van der Waals surface area contributed by atoms with Gasteiger partial charge in [0.15, 0.2) is 0 Å². The minimum absolute atomic E-state index is 0.153. The molecule has 0 heterocycles. The highest BCUT2D eigenvalue weighted by atomic mass is 32.2. The molecule has 0 saturated heterocycles. The van der Waals surface area contributed by atoms with Gasteiger partial charge in [0.25, 0.3) is 0 Å². The summed E-state index contributed by atoms with van der Waals surface area (Å²) < 4.78 is 0. The number of nitrogens with one attached hydrogen (secondary N) is 2. The summed E-state index contributed by atoms with van der Waals surface area (Å²) in [5, 5.41) is 13.7. The fourth-order valence-corrected chi connectivity index (χ4v) is 2.04. The Labute approximate surface area is 123 Å². The number of hydrogen-bond acceptors (Lipinski definition) is 4. The summed E-state index contributed by atoms with van der Waals surface area (Å²) in [5.41, 5.74) is 0.609. The van der Waals surface area contributed by atoms with Gasteiger partial charge in [-0.05, 0) is 43.7 Å². The number of amides is 2. The Hall–Kier alpha value is -1.53. The van der Waals surface area contributed by atoms with Crippen LogP contribution in [0.1, 0.15) is 19.3 Å². The number of benzene rings is 1. The minimum Gasteiger partial charge on any atom is -0.396 e. The van der Waals surface area contributed by atoms with Gasteiger partial charge in [-0.3, -0.25) is 9.59 Å². The van der Waals surface area contributed by atoms with Crippen LogP contribution in [0.15, 0.2) is 29.2 Å². The fraction of sp³-hybridized carbons (Fsp3) is 0.429. The molecule has 20 heavy (non-hydrogen) atoms. The van der Waals surface area contributed by atoms with E-state index >= 15 is 0 Å². The number of aliphatic hydroxyl groups is 1. The Morgan fingerprint density at radius 1 is 1.20 bits per heavy atom. The van der Waals surface area contributed by atoms with Crippen LogP contribution in [-0.4, -0.2) is 36.3 Å². The van der Waals surface area contributed by atoms with Crippen molar-refractivity contribution >= 4 is 29.3 Å². The van der Waals surface area contributed by atoms with Gasteiger partial charge in [0.2, 0.25) is 0 Å². The van der Waals surface area contributed by atoms with Crippen LogP contribution >= 0.6 is 11.8 Å². The number of aliphatic hydroxyl groups excluding tert-OH is 1. The van der Waals surface area contributed by atoms with E-state index in [1.807, 2.05) is 24.5 Å². The van der Waals surface area contributed by atoms with E-state index in [4.69, 9.17) is 5.11 Å². The maximum atomic E-state index is 11.7. The third-order valence-electron chi connectivity index (χ3n) is 2.65. The van der Waals surface area contributed by atoms with Crippen molar-refractivity contribution in [1.29, 1.82) is 0 Å². The van der Waals surface area contributed by atoms with Crippen LogP contribution in [0.5, 0.6) is 0 Å². The van der Waals surface area contributed by atoms with Crippen molar-refractivity contribution < 1.29 is 14.7 Å². The van der Waals surface area contributed by atoms with E-state index in [-0.39, 0.29) is 6.61 Å². The van der Waals surface area contributed by atoms with Gasteiger partial charge in [-0.2, -0.15) is 0 Å². The van der Waals surface area contributed by atoms with E-state index in [0.29, 0.717) is 18.7 Å². The zero-order chi connectivity index (χ0) is 14.8. The van der Waals surface area contributed by atoms with Crippen LogP contribution in [0.25, 0.3) is 0 Å². The summed E-state index contributed by atoms with van der Waals surface area (Å²) in [6.45, 7) is 0.595. The van der Waals surface area contributed by atoms with Gasteiger partial charge in [0, 0.05) is 23.7 Å². The zero-order valence-corrected chi connectivity index (χ0v) is 12.3. The Kier molecular flexibility index (Phi) is 7.75. The number of thioether (sulfide) groups is 1. The first-order valence-electron chi connectivity index (χ1n) is 6.51. The summed E-state index contributed by atoms with van der Waals surface area (Å²) in [6, 6.07) is 7.32. The summed E-state index contributed by atoms with van der Waals surface area (Å²) >= 11 is 1.57. The molecule has 2 amide bonds. The van der Waals surface area contributed by atoms with Crippen molar-refractivity contribution in [2.75, 3.05) is 24.7 Å². The molecule has 6 heteroatoms. The number of anilines is 1. The standard InChI is InChI=1S/C14H20N2O3S/c1-20-12-7-5-6-11(10-12)16-14(19)13(18)15-8-3-2-4-9-17/h5-7,10,17H,2-4,8-9H2,1H3,(H,15,18)(H,16,19). The Balaban J connectivity index is 2.35. The fourth-order valence-electron chi connectivity index (χ4n) is 1.58. The van der Waals surface area contributed by atoms with Crippen LogP contribution in [0.4, 0.5) is 5.69 Å². The second kappa shape index (κ2) is 9.39. The maximum absolute atomic E-state index is 11.7. The minimum atomic E-state index is -0.662. The molecule has 0 saturated carbocycles. The summed E-state index contributed by atoms with van der Waals surface area (Å²) in [7, 11) is 0. The lowest BCUT2D eigenvalue weighted by atomic mass is 10.2. The molecule has 0 spiro atoms. The Bertz CT molecular complexity index is 452. The molecule has 5 nitrogen and oxygen atoms in total. The first-order valence-corrected chi connectivity index (χ1v) is 7.74. The van der Waals surface area contributed by atoms with Crippen molar-refractivity contribution in [2.45, 2.75) is 24.2 Å². The second-order valence-corrected chi connectivity index (χ2v) is 5.11. The molecular formula is C14H20N2O3S.